The molecule has 1 saturated heterocycles. The molecule has 5 heteroatoms. The van der Waals surface area contributed by atoms with Crippen LogP contribution in [0.2, 0.25) is 0 Å². The van der Waals surface area contributed by atoms with Crippen molar-refractivity contribution >= 4 is 11.7 Å². The number of aromatic nitrogens is 1. The molecule has 1 amide bonds. The summed E-state index contributed by atoms with van der Waals surface area (Å²) in [6.45, 7) is 1.76. The fraction of sp³-hybridized carbons (Fsp3) is 0.625. The number of anilines is 1. The molecule has 0 bridgehead atoms. The lowest BCUT2D eigenvalue weighted by Gasteiger charge is -2.44. The SMILES string of the molecule is NNc1cc(C(=O)N2CCC3(CCCCC3)CC2)ccn1. The van der Waals surface area contributed by atoms with Gasteiger partial charge in [-0.2, -0.15) is 0 Å². The lowest BCUT2D eigenvalue weighted by Crippen LogP contribution is -2.43. The van der Waals surface area contributed by atoms with Crippen molar-refractivity contribution in [2.24, 2.45) is 11.3 Å². The summed E-state index contributed by atoms with van der Waals surface area (Å²) in [5.74, 6) is 5.98. The van der Waals surface area contributed by atoms with Crippen molar-refractivity contribution in [2.45, 2.75) is 44.9 Å². The van der Waals surface area contributed by atoms with E-state index >= 15 is 0 Å². The first-order valence-corrected chi connectivity index (χ1v) is 7.94. The van der Waals surface area contributed by atoms with E-state index in [0.717, 1.165) is 25.9 Å². The smallest absolute Gasteiger partial charge is 0.254 e. The fourth-order valence-corrected chi connectivity index (χ4v) is 3.81. The van der Waals surface area contributed by atoms with Crippen molar-refractivity contribution in [2.75, 3.05) is 18.5 Å². The van der Waals surface area contributed by atoms with Gasteiger partial charge >= 0.3 is 0 Å². The third-order valence-corrected chi connectivity index (χ3v) is 5.18. The van der Waals surface area contributed by atoms with E-state index in [4.69, 9.17) is 5.84 Å². The minimum Gasteiger partial charge on any atom is -0.339 e. The van der Waals surface area contributed by atoms with Gasteiger partial charge in [0, 0.05) is 24.8 Å². The molecule has 1 aromatic heterocycles. The zero-order chi connectivity index (χ0) is 14.7. The predicted molar refractivity (Wildman–Crippen MR) is 82.7 cm³/mol. The van der Waals surface area contributed by atoms with E-state index in [1.54, 1.807) is 18.3 Å². The number of hydrazine groups is 1. The Morgan fingerprint density at radius 2 is 1.90 bits per heavy atom. The van der Waals surface area contributed by atoms with Gasteiger partial charge in [0.2, 0.25) is 0 Å². The highest BCUT2D eigenvalue weighted by molar-refractivity contribution is 5.94. The molecule has 1 aromatic rings. The Hall–Kier alpha value is -1.62. The van der Waals surface area contributed by atoms with Gasteiger partial charge in [-0.25, -0.2) is 10.8 Å². The summed E-state index contributed by atoms with van der Waals surface area (Å²) in [6.07, 6.45) is 10.8. The Balaban J connectivity index is 1.64. The van der Waals surface area contributed by atoms with Crippen LogP contribution >= 0.6 is 0 Å². The number of nitrogen functional groups attached to an aromatic ring is 1. The van der Waals surface area contributed by atoms with Crippen LogP contribution in [-0.4, -0.2) is 28.9 Å². The van der Waals surface area contributed by atoms with Crippen LogP contribution in [0.1, 0.15) is 55.3 Å². The van der Waals surface area contributed by atoms with E-state index in [1.807, 2.05) is 4.90 Å². The molecule has 1 spiro atoms. The molecule has 0 unspecified atom stereocenters. The molecule has 0 atom stereocenters. The third-order valence-electron chi connectivity index (χ3n) is 5.18. The number of nitrogens with two attached hydrogens (primary N) is 1. The maximum atomic E-state index is 12.6. The Bertz CT molecular complexity index is 501. The van der Waals surface area contributed by atoms with E-state index < -0.39 is 0 Å². The fourth-order valence-electron chi connectivity index (χ4n) is 3.81. The summed E-state index contributed by atoms with van der Waals surface area (Å²) in [4.78, 5) is 18.6. The van der Waals surface area contributed by atoms with Crippen molar-refractivity contribution in [1.29, 1.82) is 0 Å². The maximum Gasteiger partial charge on any atom is 0.254 e. The van der Waals surface area contributed by atoms with Gasteiger partial charge in [-0.15, -0.1) is 0 Å². The normalized spacial score (nSPS) is 21.3. The Labute approximate surface area is 125 Å². The van der Waals surface area contributed by atoms with Crippen molar-refractivity contribution in [1.82, 2.24) is 9.88 Å². The summed E-state index contributed by atoms with van der Waals surface area (Å²) in [6, 6.07) is 3.47. The molecule has 5 nitrogen and oxygen atoms in total. The number of hydrogen-bond donors (Lipinski definition) is 2. The van der Waals surface area contributed by atoms with Crippen molar-refractivity contribution < 1.29 is 4.79 Å². The summed E-state index contributed by atoms with van der Waals surface area (Å²) >= 11 is 0. The van der Waals surface area contributed by atoms with Crippen LogP contribution in [0.25, 0.3) is 0 Å². The van der Waals surface area contributed by atoms with Gasteiger partial charge in [0.1, 0.15) is 5.82 Å². The van der Waals surface area contributed by atoms with E-state index in [-0.39, 0.29) is 5.91 Å². The van der Waals surface area contributed by atoms with Gasteiger partial charge in [0.25, 0.3) is 5.91 Å². The molecular weight excluding hydrogens is 264 g/mol. The van der Waals surface area contributed by atoms with Gasteiger partial charge < -0.3 is 10.3 Å². The number of rotatable bonds is 2. The Morgan fingerprint density at radius 3 is 2.57 bits per heavy atom. The zero-order valence-electron chi connectivity index (χ0n) is 12.5. The van der Waals surface area contributed by atoms with Crippen LogP contribution in [-0.2, 0) is 0 Å². The van der Waals surface area contributed by atoms with Gasteiger partial charge in [-0.3, -0.25) is 4.79 Å². The second-order valence-electron chi connectivity index (χ2n) is 6.43. The summed E-state index contributed by atoms with van der Waals surface area (Å²) in [5.41, 5.74) is 3.68. The monoisotopic (exact) mass is 288 g/mol. The number of nitrogens with one attached hydrogen (secondary N) is 1. The van der Waals surface area contributed by atoms with E-state index in [9.17, 15) is 4.79 Å². The first-order valence-electron chi connectivity index (χ1n) is 7.94. The molecule has 114 valence electrons. The Kier molecular flexibility index (Phi) is 4.10. The molecular formula is C16H24N4O. The molecule has 21 heavy (non-hydrogen) atoms. The van der Waals surface area contributed by atoms with Gasteiger partial charge in [-0.1, -0.05) is 19.3 Å². The summed E-state index contributed by atoms with van der Waals surface area (Å²) < 4.78 is 0. The molecule has 1 aliphatic heterocycles. The second kappa shape index (κ2) is 6.02. The number of likely N-dealkylation sites (tertiary alicyclic amines) is 1. The van der Waals surface area contributed by atoms with Crippen LogP contribution in [0.4, 0.5) is 5.82 Å². The topological polar surface area (TPSA) is 71.2 Å². The predicted octanol–water partition coefficient (Wildman–Crippen LogP) is 2.55. The molecule has 0 radical (unpaired) electrons. The highest BCUT2D eigenvalue weighted by Crippen LogP contribution is 2.44. The molecule has 3 N–H and O–H groups in total. The average Bonchev–Trinajstić information content (AvgIpc) is 2.56. The zero-order valence-corrected chi connectivity index (χ0v) is 12.5. The van der Waals surface area contributed by atoms with Crippen LogP contribution in [0.5, 0.6) is 0 Å². The van der Waals surface area contributed by atoms with Crippen LogP contribution in [0.15, 0.2) is 18.3 Å². The van der Waals surface area contributed by atoms with Crippen molar-refractivity contribution in [3.8, 4) is 0 Å². The lowest BCUT2D eigenvalue weighted by atomic mass is 9.68. The minimum atomic E-state index is 0.0968. The van der Waals surface area contributed by atoms with Crippen molar-refractivity contribution in [3.05, 3.63) is 23.9 Å². The van der Waals surface area contributed by atoms with E-state index in [1.165, 1.54) is 32.1 Å². The minimum absolute atomic E-state index is 0.0968. The number of piperidine rings is 1. The number of carbonyl (C=O) groups is 1. The van der Waals surface area contributed by atoms with Crippen LogP contribution in [0.3, 0.4) is 0 Å². The lowest BCUT2D eigenvalue weighted by molar-refractivity contribution is 0.0472. The molecule has 2 heterocycles. The second-order valence-corrected chi connectivity index (χ2v) is 6.43. The molecule has 3 rings (SSSR count). The van der Waals surface area contributed by atoms with Crippen LogP contribution in [0, 0.1) is 5.41 Å². The average molecular weight is 288 g/mol. The maximum absolute atomic E-state index is 12.6. The summed E-state index contributed by atoms with van der Waals surface area (Å²) in [7, 11) is 0. The quantitative estimate of drug-likeness (QED) is 0.648. The molecule has 0 aromatic carbocycles. The first kappa shape index (κ1) is 14.3. The largest absolute Gasteiger partial charge is 0.339 e. The molecule has 2 aliphatic rings. The number of amides is 1. The standard InChI is InChI=1S/C16H24N4O/c17-19-14-12-13(4-9-18-14)15(21)20-10-7-16(8-11-20)5-2-1-3-6-16/h4,9,12H,1-3,5-8,10-11,17H2,(H,18,19). The van der Waals surface area contributed by atoms with E-state index in [0.29, 0.717) is 16.8 Å². The van der Waals surface area contributed by atoms with Gasteiger partial charge in [0.15, 0.2) is 0 Å². The molecule has 2 fully saturated rings. The van der Waals surface area contributed by atoms with E-state index in [2.05, 4.69) is 10.4 Å². The van der Waals surface area contributed by atoms with Crippen molar-refractivity contribution in [3.63, 3.8) is 0 Å². The number of pyridine rings is 1. The van der Waals surface area contributed by atoms with Crippen LogP contribution < -0.4 is 11.3 Å². The van der Waals surface area contributed by atoms with Gasteiger partial charge in [-0.05, 0) is 43.2 Å². The first-order chi connectivity index (χ1) is 10.2. The summed E-state index contributed by atoms with van der Waals surface area (Å²) in [5, 5.41) is 0. The highest BCUT2D eigenvalue weighted by atomic mass is 16.2. The molecule has 1 saturated carbocycles. The number of carbonyl (C=O) groups excluding carboxylic acids is 1. The van der Waals surface area contributed by atoms with Gasteiger partial charge in [0.05, 0.1) is 0 Å². The Morgan fingerprint density at radius 1 is 1.19 bits per heavy atom. The highest BCUT2D eigenvalue weighted by Gasteiger charge is 2.36. The third kappa shape index (κ3) is 3.02. The molecule has 1 aliphatic carbocycles. The number of hydrogen-bond acceptors (Lipinski definition) is 4. The number of nitrogens with zero attached hydrogens (tertiary/aromatic N) is 2.